The standard InChI is InChI=1S/C24H26N6O3/c1-15-22-20(5-8-25-15)19-4-3-18(33-2)11-21(19)30(22)14-16-6-9-29(10-7-16)24-26-12-17(13-27-24)23(31)28-32/h3-5,8,11-13,16,32H,6-7,9-10,14H2,1-2H3,(H,28,31). The van der Waals surface area contributed by atoms with Crippen molar-refractivity contribution in [2.24, 2.45) is 5.92 Å². The number of pyridine rings is 1. The molecule has 170 valence electrons. The summed E-state index contributed by atoms with van der Waals surface area (Å²) in [7, 11) is 1.70. The third-order valence-corrected chi connectivity index (χ3v) is 6.50. The smallest absolute Gasteiger partial charge is 0.277 e. The van der Waals surface area contributed by atoms with Crippen LogP contribution in [0.5, 0.6) is 5.75 Å². The lowest BCUT2D eigenvalue weighted by molar-refractivity contribution is 0.0705. The normalized spacial score (nSPS) is 14.7. The number of nitrogens with one attached hydrogen (secondary N) is 1. The maximum atomic E-state index is 11.5. The van der Waals surface area contributed by atoms with Gasteiger partial charge in [0.25, 0.3) is 5.91 Å². The van der Waals surface area contributed by atoms with E-state index in [2.05, 4.69) is 49.5 Å². The second-order valence-corrected chi connectivity index (χ2v) is 8.43. The van der Waals surface area contributed by atoms with E-state index in [1.54, 1.807) is 12.6 Å². The Morgan fingerprint density at radius 2 is 1.91 bits per heavy atom. The van der Waals surface area contributed by atoms with Gasteiger partial charge in [-0.25, -0.2) is 15.4 Å². The number of amides is 1. The third-order valence-electron chi connectivity index (χ3n) is 6.50. The minimum Gasteiger partial charge on any atom is -0.497 e. The van der Waals surface area contributed by atoms with Crippen LogP contribution in [-0.4, -0.2) is 50.8 Å². The van der Waals surface area contributed by atoms with Crippen LogP contribution >= 0.6 is 0 Å². The lowest BCUT2D eigenvalue weighted by Gasteiger charge is -2.32. The van der Waals surface area contributed by atoms with Gasteiger partial charge >= 0.3 is 0 Å². The molecule has 4 heterocycles. The quantitative estimate of drug-likeness (QED) is 0.358. The number of ether oxygens (including phenoxy) is 1. The first kappa shape index (κ1) is 21.1. The van der Waals surface area contributed by atoms with Crippen LogP contribution in [0.3, 0.4) is 0 Å². The average molecular weight is 447 g/mol. The Morgan fingerprint density at radius 1 is 1.15 bits per heavy atom. The summed E-state index contributed by atoms with van der Waals surface area (Å²) in [6.07, 6.45) is 6.75. The number of carbonyl (C=O) groups is 1. The third kappa shape index (κ3) is 3.84. The summed E-state index contributed by atoms with van der Waals surface area (Å²) in [4.78, 5) is 26.8. The molecule has 1 aromatic carbocycles. The summed E-state index contributed by atoms with van der Waals surface area (Å²) < 4.78 is 7.90. The van der Waals surface area contributed by atoms with Crippen LogP contribution in [0, 0.1) is 12.8 Å². The monoisotopic (exact) mass is 446 g/mol. The summed E-state index contributed by atoms with van der Waals surface area (Å²) in [6.45, 7) is 4.65. The Bertz CT molecular complexity index is 1310. The van der Waals surface area contributed by atoms with Crippen molar-refractivity contribution in [2.45, 2.75) is 26.3 Å². The van der Waals surface area contributed by atoms with E-state index < -0.39 is 5.91 Å². The van der Waals surface area contributed by atoms with Crippen molar-refractivity contribution in [2.75, 3.05) is 25.1 Å². The Morgan fingerprint density at radius 3 is 2.61 bits per heavy atom. The molecule has 3 aromatic heterocycles. The van der Waals surface area contributed by atoms with Gasteiger partial charge in [0.1, 0.15) is 5.75 Å². The maximum Gasteiger partial charge on any atom is 0.277 e. The maximum absolute atomic E-state index is 11.5. The minimum absolute atomic E-state index is 0.224. The second-order valence-electron chi connectivity index (χ2n) is 8.43. The zero-order valence-electron chi connectivity index (χ0n) is 18.7. The number of methoxy groups -OCH3 is 1. The van der Waals surface area contributed by atoms with Crippen molar-refractivity contribution in [3.63, 3.8) is 0 Å². The molecule has 0 radical (unpaired) electrons. The zero-order chi connectivity index (χ0) is 22.9. The first-order valence-corrected chi connectivity index (χ1v) is 11.0. The van der Waals surface area contributed by atoms with Gasteiger partial charge in [-0.1, -0.05) is 0 Å². The van der Waals surface area contributed by atoms with Gasteiger partial charge in [-0.3, -0.25) is 15.0 Å². The Hall–Kier alpha value is -3.72. The number of aromatic nitrogens is 4. The molecule has 1 saturated heterocycles. The van der Waals surface area contributed by atoms with Crippen molar-refractivity contribution < 1.29 is 14.7 Å². The predicted octanol–water partition coefficient (Wildman–Crippen LogP) is 3.33. The van der Waals surface area contributed by atoms with E-state index >= 15 is 0 Å². The molecule has 2 N–H and O–H groups in total. The van der Waals surface area contributed by atoms with E-state index in [0.29, 0.717) is 11.9 Å². The summed E-state index contributed by atoms with van der Waals surface area (Å²) in [5.41, 5.74) is 5.20. The zero-order valence-corrected chi connectivity index (χ0v) is 18.7. The number of hydrogen-bond donors (Lipinski definition) is 2. The fraction of sp³-hybridized carbons (Fsp3) is 0.333. The van der Waals surface area contributed by atoms with Gasteiger partial charge in [0.2, 0.25) is 5.95 Å². The van der Waals surface area contributed by atoms with Crippen LogP contribution in [0.15, 0.2) is 42.9 Å². The molecule has 5 rings (SSSR count). The molecule has 0 aliphatic carbocycles. The molecule has 1 aliphatic rings. The van der Waals surface area contributed by atoms with Crippen molar-refractivity contribution in [1.29, 1.82) is 0 Å². The number of piperidine rings is 1. The van der Waals surface area contributed by atoms with Gasteiger partial charge in [-0.05, 0) is 43.9 Å². The molecule has 9 nitrogen and oxygen atoms in total. The fourth-order valence-corrected chi connectivity index (χ4v) is 4.76. The molecular weight excluding hydrogens is 420 g/mol. The lowest BCUT2D eigenvalue weighted by Crippen LogP contribution is -2.36. The number of hydroxylamine groups is 1. The number of aryl methyl sites for hydroxylation is 1. The fourth-order valence-electron chi connectivity index (χ4n) is 4.76. The van der Waals surface area contributed by atoms with Gasteiger partial charge in [0, 0.05) is 55.1 Å². The molecule has 0 atom stereocenters. The molecule has 1 amide bonds. The van der Waals surface area contributed by atoms with Crippen LogP contribution in [0.4, 0.5) is 5.95 Å². The van der Waals surface area contributed by atoms with E-state index in [4.69, 9.17) is 9.94 Å². The van der Waals surface area contributed by atoms with E-state index in [1.165, 1.54) is 34.2 Å². The first-order valence-electron chi connectivity index (χ1n) is 11.0. The van der Waals surface area contributed by atoms with Crippen LogP contribution < -0.4 is 15.1 Å². The highest BCUT2D eigenvalue weighted by atomic mass is 16.5. The lowest BCUT2D eigenvalue weighted by atomic mass is 9.96. The average Bonchev–Trinajstić information content (AvgIpc) is 3.18. The Labute approximate surface area is 191 Å². The number of carbonyl (C=O) groups excluding carboxylic acids is 1. The predicted molar refractivity (Wildman–Crippen MR) is 125 cm³/mol. The summed E-state index contributed by atoms with van der Waals surface area (Å²) in [6, 6.07) is 8.35. The van der Waals surface area contributed by atoms with Crippen molar-refractivity contribution in [3.05, 3.63) is 54.1 Å². The van der Waals surface area contributed by atoms with Crippen molar-refractivity contribution in [3.8, 4) is 5.75 Å². The van der Waals surface area contributed by atoms with Crippen molar-refractivity contribution >= 4 is 33.7 Å². The van der Waals surface area contributed by atoms with E-state index in [9.17, 15) is 4.79 Å². The molecule has 4 aromatic rings. The van der Waals surface area contributed by atoms with Crippen LogP contribution in [0.1, 0.15) is 28.9 Å². The van der Waals surface area contributed by atoms with E-state index in [0.717, 1.165) is 43.9 Å². The van der Waals surface area contributed by atoms with Crippen LogP contribution in [0.2, 0.25) is 0 Å². The van der Waals surface area contributed by atoms with Crippen LogP contribution in [0.25, 0.3) is 21.8 Å². The molecule has 0 bridgehead atoms. The SMILES string of the molecule is COc1ccc2c3ccnc(C)c3n(CC3CCN(c4ncc(C(=O)NO)cn4)CC3)c2c1. The molecule has 0 unspecified atom stereocenters. The molecule has 0 saturated carbocycles. The number of rotatable bonds is 5. The van der Waals surface area contributed by atoms with Gasteiger partial charge in [-0.2, -0.15) is 0 Å². The van der Waals surface area contributed by atoms with E-state index in [1.807, 2.05) is 12.3 Å². The molecule has 0 spiro atoms. The molecule has 1 fully saturated rings. The van der Waals surface area contributed by atoms with Gasteiger partial charge in [-0.15, -0.1) is 0 Å². The number of hydrogen-bond acceptors (Lipinski definition) is 7. The molecule has 9 heteroatoms. The summed E-state index contributed by atoms with van der Waals surface area (Å²) >= 11 is 0. The van der Waals surface area contributed by atoms with Gasteiger partial charge in [0.05, 0.1) is 29.4 Å². The molecule has 1 aliphatic heterocycles. The number of nitrogens with zero attached hydrogens (tertiary/aromatic N) is 5. The number of fused-ring (bicyclic) bond motifs is 3. The van der Waals surface area contributed by atoms with Gasteiger partial charge < -0.3 is 14.2 Å². The van der Waals surface area contributed by atoms with Gasteiger partial charge in [0.15, 0.2) is 0 Å². The highest BCUT2D eigenvalue weighted by Gasteiger charge is 2.24. The number of anilines is 1. The van der Waals surface area contributed by atoms with Crippen molar-refractivity contribution in [1.82, 2.24) is 25.0 Å². The summed E-state index contributed by atoms with van der Waals surface area (Å²) in [5.74, 6) is 1.34. The number of benzene rings is 1. The molecule has 33 heavy (non-hydrogen) atoms. The second kappa shape index (κ2) is 8.67. The highest BCUT2D eigenvalue weighted by Crippen LogP contribution is 2.34. The Balaban J connectivity index is 1.37. The van der Waals surface area contributed by atoms with Crippen LogP contribution in [-0.2, 0) is 6.54 Å². The highest BCUT2D eigenvalue weighted by molar-refractivity contribution is 6.09. The first-order chi connectivity index (χ1) is 16.1. The minimum atomic E-state index is -0.618. The van der Waals surface area contributed by atoms with E-state index in [-0.39, 0.29) is 5.56 Å². The topological polar surface area (TPSA) is 105 Å². The largest absolute Gasteiger partial charge is 0.497 e. The Kier molecular flexibility index (Phi) is 5.55. The summed E-state index contributed by atoms with van der Waals surface area (Å²) in [5, 5.41) is 11.2. The molecular formula is C24H26N6O3.